The quantitative estimate of drug-likeness (QED) is 0.303. The van der Waals surface area contributed by atoms with E-state index in [1.54, 1.807) is 0 Å². The number of hydrogen-bond donors (Lipinski definition) is 1. The summed E-state index contributed by atoms with van der Waals surface area (Å²) in [6.45, 7) is 4.19. The highest BCUT2D eigenvalue weighted by molar-refractivity contribution is 7.22. The molecule has 1 N–H and O–H groups in total. The highest BCUT2D eigenvalue weighted by atomic mass is 32.1. The van der Waals surface area contributed by atoms with Gasteiger partial charge in [-0.3, -0.25) is 4.90 Å². The van der Waals surface area contributed by atoms with Crippen LogP contribution >= 0.6 is 11.3 Å². The summed E-state index contributed by atoms with van der Waals surface area (Å²) >= 11 is 1.28. The summed E-state index contributed by atoms with van der Waals surface area (Å²) in [5, 5.41) is 9.67. The van der Waals surface area contributed by atoms with Gasteiger partial charge in [-0.2, -0.15) is 13.2 Å². The number of alkyl halides is 3. The molecule has 2 heterocycles. The largest absolute Gasteiger partial charge is 0.482 e. The fraction of sp³-hybridized carbons (Fsp3) is 0.286. The Labute approximate surface area is 221 Å². The number of fused-ring (bicyclic) bond motifs is 1. The molecular formula is C28H26F3N3O3S. The Morgan fingerprint density at radius 1 is 1.11 bits per heavy atom. The van der Waals surface area contributed by atoms with Crippen molar-refractivity contribution < 1.29 is 27.8 Å². The van der Waals surface area contributed by atoms with E-state index in [1.807, 2.05) is 37.3 Å². The molecule has 10 heteroatoms. The van der Waals surface area contributed by atoms with Gasteiger partial charge in [0.05, 0.1) is 21.8 Å². The van der Waals surface area contributed by atoms with Crippen LogP contribution in [0.4, 0.5) is 18.3 Å². The zero-order chi connectivity index (χ0) is 26.9. The summed E-state index contributed by atoms with van der Waals surface area (Å²) in [5.41, 5.74) is 3.01. The molecule has 6 nitrogen and oxygen atoms in total. The van der Waals surface area contributed by atoms with Crippen molar-refractivity contribution in [3.05, 3.63) is 89.0 Å². The summed E-state index contributed by atoms with van der Waals surface area (Å²) in [4.78, 5) is 20.1. The van der Waals surface area contributed by atoms with Gasteiger partial charge in [0.25, 0.3) is 0 Å². The molecule has 1 aliphatic rings. The van der Waals surface area contributed by atoms with E-state index in [4.69, 9.17) is 9.84 Å². The van der Waals surface area contributed by atoms with Crippen LogP contribution in [0.15, 0.2) is 66.7 Å². The first-order valence-corrected chi connectivity index (χ1v) is 12.9. The van der Waals surface area contributed by atoms with E-state index in [0.29, 0.717) is 47.3 Å². The van der Waals surface area contributed by atoms with E-state index in [0.717, 1.165) is 22.8 Å². The van der Waals surface area contributed by atoms with Gasteiger partial charge < -0.3 is 14.7 Å². The first kappa shape index (κ1) is 26.0. The van der Waals surface area contributed by atoms with Crippen molar-refractivity contribution in [3.63, 3.8) is 0 Å². The number of piperazine rings is 1. The molecule has 1 saturated heterocycles. The molecule has 0 bridgehead atoms. The number of carboxylic acid groups (broad SMARTS) is 1. The van der Waals surface area contributed by atoms with Gasteiger partial charge in [-0.1, -0.05) is 47.7 Å². The smallest absolute Gasteiger partial charge is 0.416 e. The number of aryl methyl sites for hydroxylation is 1. The minimum absolute atomic E-state index is 0.0200. The lowest BCUT2D eigenvalue weighted by Crippen LogP contribution is -2.48. The summed E-state index contributed by atoms with van der Waals surface area (Å²) in [7, 11) is 0. The second kappa shape index (κ2) is 10.6. The molecule has 3 aromatic carbocycles. The topological polar surface area (TPSA) is 65.9 Å². The number of halogens is 3. The van der Waals surface area contributed by atoms with Crippen LogP contribution in [0, 0.1) is 6.92 Å². The number of aromatic nitrogens is 1. The number of carbonyl (C=O) groups is 1. The Bertz CT molecular complexity index is 1440. The number of carboxylic acids is 1. The number of anilines is 1. The van der Waals surface area contributed by atoms with Crippen molar-refractivity contribution in [2.75, 3.05) is 31.1 Å². The number of rotatable bonds is 7. The molecule has 0 aliphatic carbocycles. The lowest BCUT2D eigenvalue weighted by Gasteiger charge is -2.41. The second-order valence-electron chi connectivity index (χ2n) is 9.36. The van der Waals surface area contributed by atoms with Gasteiger partial charge in [0.2, 0.25) is 0 Å². The first-order valence-electron chi connectivity index (χ1n) is 12.1. The third-order valence-corrected chi connectivity index (χ3v) is 7.59. The first-order chi connectivity index (χ1) is 18.2. The summed E-state index contributed by atoms with van der Waals surface area (Å²) in [6.07, 6.45) is -4.39. The van der Waals surface area contributed by atoms with Crippen LogP contribution in [0.3, 0.4) is 0 Å². The van der Waals surface area contributed by atoms with Crippen molar-refractivity contribution >= 4 is 32.7 Å². The van der Waals surface area contributed by atoms with Crippen molar-refractivity contribution in [2.45, 2.75) is 25.7 Å². The molecule has 1 fully saturated rings. The Morgan fingerprint density at radius 3 is 2.63 bits per heavy atom. The third kappa shape index (κ3) is 5.92. The minimum Gasteiger partial charge on any atom is -0.482 e. The average molecular weight is 542 g/mol. The zero-order valence-corrected chi connectivity index (χ0v) is 21.4. The van der Waals surface area contributed by atoms with Crippen molar-refractivity contribution in [1.82, 2.24) is 9.88 Å². The molecule has 0 radical (unpaired) electrons. The molecule has 1 atom stereocenters. The number of benzene rings is 3. The van der Waals surface area contributed by atoms with Crippen molar-refractivity contribution in [1.29, 1.82) is 0 Å². The monoisotopic (exact) mass is 541 g/mol. The predicted octanol–water partition coefficient (Wildman–Crippen LogP) is 6.15. The normalized spacial score (nSPS) is 16.6. The molecule has 1 aliphatic heterocycles. The Hall–Kier alpha value is -3.63. The van der Waals surface area contributed by atoms with Crippen LogP contribution in [0.1, 0.15) is 28.3 Å². The van der Waals surface area contributed by atoms with Crippen molar-refractivity contribution in [2.24, 2.45) is 0 Å². The van der Waals surface area contributed by atoms with Gasteiger partial charge in [-0.25, -0.2) is 9.78 Å². The maximum absolute atomic E-state index is 13.2. The summed E-state index contributed by atoms with van der Waals surface area (Å²) in [6, 6.07) is 19.6. The maximum atomic E-state index is 13.2. The summed E-state index contributed by atoms with van der Waals surface area (Å²) in [5.74, 6) is -0.511. The molecule has 4 aromatic rings. The predicted molar refractivity (Wildman–Crippen MR) is 141 cm³/mol. The molecular weight excluding hydrogens is 515 g/mol. The van der Waals surface area contributed by atoms with Crippen LogP contribution in [0.2, 0.25) is 0 Å². The number of aliphatic carboxylic acids is 1. The summed E-state index contributed by atoms with van der Waals surface area (Å²) < 4.78 is 45.5. The highest BCUT2D eigenvalue weighted by Crippen LogP contribution is 2.37. The van der Waals surface area contributed by atoms with Crippen LogP contribution in [0.5, 0.6) is 5.75 Å². The van der Waals surface area contributed by atoms with Gasteiger partial charge in [0.15, 0.2) is 11.7 Å². The van der Waals surface area contributed by atoms with Crippen LogP contribution in [-0.2, 0) is 17.5 Å². The van der Waals surface area contributed by atoms with Gasteiger partial charge in [-0.15, -0.1) is 0 Å². The molecule has 0 saturated carbocycles. The molecule has 1 unspecified atom stereocenters. The zero-order valence-electron chi connectivity index (χ0n) is 20.6. The number of hydrogen-bond acceptors (Lipinski definition) is 6. The fourth-order valence-corrected chi connectivity index (χ4v) is 5.82. The van der Waals surface area contributed by atoms with Gasteiger partial charge >= 0.3 is 12.1 Å². The number of thiazole rings is 1. The lowest BCUT2D eigenvalue weighted by molar-refractivity contribution is -0.139. The minimum atomic E-state index is -4.39. The van der Waals surface area contributed by atoms with Crippen LogP contribution in [-0.4, -0.2) is 47.2 Å². The van der Waals surface area contributed by atoms with E-state index < -0.39 is 24.3 Å². The van der Waals surface area contributed by atoms with E-state index >= 15 is 0 Å². The maximum Gasteiger partial charge on any atom is 0.416 e. The van der Waals surface area contributed by atoms with Crippen molar-refractivity contribution in [3.8, 4) is 5.75 Å². The van der Waals surface area contributed by atoms with E-state index in [1.165, 1.54) is 23.5 Å². The molecule has 0 spiro atoms. The van der Waals surface area contributed by atoms with E-state index in [-0.39, 0.29) is 6.04 Å². The second-order valence-corrected chi connectivity index (χ2v) is 10.4. The third-order valence-electron chi connectivity index (χ3n) is 6.51. The molecule has 38 heavy (non-hydrogen) atoms. The lowest BCUT2D eigenvalue weighted by atomic mass is 10.0. The standard InChI is InChI=1S/C28H26F3N3O3S/c1-18-11-19(13-22(12-18)37-17-26(35)36)15-33-9-10-34(16-24(33)20-5-3-2-4-6-20)27-32-23-8-7-21(28(29,30)31)14-25(23)38-27/h2-8,11-14,24H,9-10,15-17H2,1H3,(H,35,36). The molecule has 1 aromatic heterocycles. The van der Waals surface area contributed by atoms with E-state index in [2.05, 4.69) is 33.0 Å². The Balaban J connectivity index is 1.40. The number of ether oxygens (including phenoxy) is 1. The SMILES string of the molecule is Cc1cc(CN2CCN(c3nc4ccc(C(F)(F)F)cc4s3)CC2c2ccccc2)cc(OCC(=O)O)c1. The van der Waals surface area contributed by atoms with Crippen LogP contribution in [0.25, 0.3) is 10.2 Å². The van der Waals surface area contributed by atoms with E-state index in [9.17, 15) is 18.0 Å². The van der Waals surface area contributed by atoms with Crippen LogP contribution < -0.4 is 9.64 Å². The van der Waals surface area contributed by atoms with Gasteiger partial charge in [0.1, 0.15) is 5.75 Å². The highest BCUT2D eigenvalue weighted by Gasteiger charge is 2.32. The molecule has 0 amide bonds. The Kier molecular flexibility index (Phi) is 7.27. The average Bonchev–Trinajstić information content (AvgIpc) is 3.31. The fourth-order valence-electron chi connectivity index (χ4n) is 4.78. The molecule has 198 valence electrons. The number of nitrogens with zero attached hydrogens (tertiary/aromatic N) is 3. The Morgan fingerprint density at radius 2 is 1.89 bits per heavy atom. The molecule has 5 rings (SSSR count). The van der Waals surface area contributed by atoms with Gasteiger partial charge in [-0.05, 0) is 53.9 Å². The van der Waals surface area contributed by atoms with Gasteiger partial charge in [0, 0.05) is 26.2 Å².